The highest BCUT2D eigenvalue weighted by Gasteiger charge is 2.31. The molecule has 0 aliphatic carbocycles. The first-order valence-electron chi connectivity index (χ1n) is 10.4. The molecule has 4 aromatic rings. The van der Waals surface area contributed by atoms with Crippen LogP contribution in [-0.4, -0.2) is 6.61 Å². The van der Waals surface area contributed by atoms with Crippen molar-refractivity contribution in [3.63, 3.8) is 0 Å². The zero-order valence-corrected chi connectivity index (χ0v) is 18.2. The molecule has 0 saturated heterocycles. The maximum Gasteiger partial charge on any atom is 0.169 e. The molecule has 0 radical (unpaired) electrons. The van der Waals surface area contributed by atoms with Gasteiger partial charge in [0.25, 0.3) is 0 Å². The molecule has 0 spiro atoms. The predicted octanol–water partition coefficient (Wildman–Crippen LogP) is 6.26. The third kappa shape index (κ3) is 5.11. The van der Waals surface area contributed by atoms with Gasteiger partial charge in [0.1, 0.15) is 0 Å². The van der Waals surface area contributed by atoms with Gasteiger partial charge in [-0.3, -0.25) is 0 Å². The highest BCUT2D eigenvalue weighted by molar-refractivity contribution is 7.82. The van der Waals surface area contributed by atoms with Crippen LogP contribution in [0.2, 0.25) is 0 Å². The summed E-state index contributed by atoms with van der Waals surface area (Å²) in [6.07, 6.45) is 2.02. The van der Waals surface area contributed by atoms with Crippen LogP contribution in [0.4, 0.5) is 0 Å². The monoisotopic (exact) mass is 424 g/mol. The minimum Gasteiger partial charge on any atom is -0.372 e. The quantitative estimate of drug-likeness (QED) is 0.312. The van der Waals surface area contributed by atoms with Gasteiger partial charge in [-0.15, -0.1) is 0 Å². The number of benzene rings is 4. The molecule has 4 aromatic carbocycles. The van der Waals surface area contributed by atoms with Crippen molar-refractivity contribution in [2.24, 2.45) is 0 Å². The maximum absolute atomic E-state index is 14.8. The zero-order valence-electron chi connectivity index (χ0n) is 17.3. The van der Waals surface area contributed by atoms with E-state index in [4.69, 9.17) is 4.74 Å². The Morgan fingerprint density at radius 3 is 1.61 bits per heavy atom. The molecule has 0 aromatic heterocycles. The van der Waals surface area contributed by atoms with Gasteiger partial charge >= 0.3 is 0 Å². The van der Waals surface area contributed by atoms with Crippen LogP contribution in [0.1, 0.15) is 11.1 Å². The van der Waals surface area contributed by atoms with Gasteiger partial charge in [-0.05, 0) is 17.2 Å². The van der Waals surface area contributed by atoms with Gasteiger partial charge in [0.05, 0.1) is 13.2 Å². The molecule has 0 bridgehead atoms. The fraction of sp³-hybridized carbons (Fsp3) is 0.0714. The van der Waals surface area contributed by atoms with Crippen molar-refractivity contribution in [3.05, 3.63) is 138 Å². The van der Waals surface area contributed by atoms with Gasteiger partial charge in [0.15, 0.2) is 7.14 Å². The topological polar surface area (TPSA) is 26.3 Å². The number of hydrogen-bond acceptors (Lipinski definition) is 2. The molecular weight excluding hydrogens is 399 g/mol. The van der Waals surface area contributed by atoms with Crippen LogP contribution in [-0.2, 0) is 15.9 Å². The molecule has 0 fully saturated rings. The summed E-state index contributed by atoms with van der Waals surface area (Å²) in [6, 6.07) is 39.5. The molecule has 0 atom stereocenters. The van der Waals surface area contributed by atoms with Crippen LogP contribution in [0.25, 0.3) is 6.08 Å². The SMILES string of the molecule is O=P(/C(=C/c1ccccc1)COCc1ccccc1)(c1ccccc1)c1ccccc1. The lowest BCUT2D eigenvalue weighted by molar-refractivity contribution is 0.146. The molecule has 31 heavy (non-hydrogen) atoms. The summed E-state index contributed by atoms with van der Waals surface area (Å²) in [5.74, 6) is 0. The van der Waals surface area contributed by atoms with E-state index in [9.17, 15) is 4.57 Å². The Balaban J connectivity index is 1.77. The summed E-state index contributed by atoms with van der Waals surface area (Å²) in [5, 5.41) is 2.41. The highest BCUT2D eigenvalue weighted by Crippen LogP contribution is 2.52. The second kappa shape index (κ2) is 10.2. The van der Waals surface area contributed by atoms with Crippen LogP contribution >= 0.6 is 7.14 Å². The molecule has 0 aliphatic heterocycles. The van der Waals surface area contributed by atoms with Crippen molar-refractivity contribution in [2.45, 2.75) is 6.61 Å². The lowest BCUT2D eigenvalue weighted by atomic mass is 10.2. The average Bonchev–Trinajstić information content (AvgIpc) is 2.85. The number of hydrogen-bond donors (Lipinski definition) is 0. The standard InChI is InChI=1S/C28H25O2P/c29-31(26-17-9-3-10-18-26,27-19-11-4-12-20-27)28(21-24-13-5-1-6-14-24)23-30-22-25-15-7-2-8-16-25/h1-21H,22-23H2/b28-21+. The summed E-state index contributed by atoms with van der Waals surface area (Å²) in [5.41, 5.74) is 2.10. The molecule has 0 heterocycles. The lowest BCUT2D eigenvalue weighted by Gasteiger charge is -2.23. The Hall–Kier alpha value is -3.19. The van der Waals surface area contributed by atoms with Gasteiger partial charge in [-0.1, -0.05) is 121 Å². The Morgan fingerprint density at radius 2 is 1.10 bits per heavy atom. The molecule has 0 N–H and O–H groups in total. The van der Waals surface area contributed by atoms with Crippen LogP contribution < -0.4 is 10.6 Å². The van der Waals surface area contributed by atoms with Gasteiger partial charge in [0.2, 0.25) is 0 Å². The summed E-state index contributed by atoms with van der Waals surface area (Å²) in [6.45, 7) is 0.751. The van der Waals surface area contributed by atoms with Crippen LogP contribution in [0.3, 0.4) is 0 Å². The largest absolute Gasteiger partial charge is 0.372 e. The molecule has 0 aliphatic rings. The van der Waals surface area contributed by atoms with Crippen molar-refractivity contribution in [2.75, 3.05) is 6.61 Å². The van der Waals surface area contributed by atoms with E-state index in [0.29, 0.717) is 6.61 Å². The van der Waals surface area contributed by atoms with E-state index in [-0.39, 0.29) is 6.61 Å². The summed E-state index contributed by atoms with van der Waals surface area (Å²) in [7, 11) is -3.08. The average molecular weight is 424 g/mol. The van der Waals surface area contributed by atoms with E-state index >= 15 is 0 Å². The van der Waals surface area contributed by atoms with Crippen molar-refractivity contribution in [1.82, 2.24) is 0 Å². The first kappa shape index (κ1) is 21.1. The van der Waals surface area contributed by atoms with E-state index in [1.165, 1.54) is 0 Å². The first-order valence-corrected chi connectivity index (χ1v) is 12.1. The smallest absolute Gasteiger partial charge is 0.169 e. The fourth-order valence-corrected chi connectivity index (χ4v) is 6.32. The van der Waals surface area contributed by atoms with Gasteiger partial charge in [-0.25, -0.2) is 0 Å². The summed E-state index contributed by atoms with van der Waals surface area (Å²) >= 11 is 0. The molecule has 0 saturated carbocycles. The predicted molar refractivity (Wildman–Crippen MR) is 130 cm³/mol. The molecule has 4 rings (SSSR count). The van der Waals surface area contributed by atoms with Gasteiger partial charge in [-0.2, -0.15) is 0 Å². The Kier molecular flexibility index (Phi) is 6.94. The molecule has 3 heteroatoms. The number of ether oxygens (including phenoxy) is 1. The third-order valence-electron chi connectivity index (χ3n) is 5.14. The van der Waals surface area contributed by atoms with Crippen LogP contribution in [0, 0.1) is 0 Å². The third-order valence-corrected chi connectivity index (χ3v) is 8.26. The Labute approximate surface area is 184 Å². The molecule has 0 unspecified atom stereocenters. The van der Waals surface area contributed by atoms with Crippen molar-refractivity contribution < 1.29 is 9.30 Å². The molecule has 2 nitrogen and oxygen atoms in total. The second-order valence-electron chi connectivity index (χ2n) is 7.31. The minimum absolute atomic E-state index is 0.283. The van der Waals surface area contributed by atoms with E-state index in [1.807, 2.05) is 127 Å². The summed E-state index contributed by atoms with van der Waals surface area (Å²) < 4.78 is 20.9. The Morgan fingerprint density at radius 1 is 0.645 bits per heavy atom. The normalized spacial score (nSPS) is 11.9. The van der Waals surface area contributed by atoms with Crippen molar-refractivity contribution >= 4 is 23.8 Å². The van der Waals surface area contributed by atoms with Crippen molar-refractivity contribution in [3.8, 4) is 0 Å². The van der Waals surface area contributed by atoms with Crippen LogP contribution in [0.15, 0.2) is 127 Å². The van der Waals surface area contributed by atoms with E-state index in [0.717, 1.165) is 27.1 Å². The van der Waals surface area contributed by atoms with Gasteiger partial charge in [0, 0.05) is 15.9 Å². The zero-order chi connectivity index (χ0) is 21.4. The first-order chi connectivity index (χ1) is 15.3. The lowest BCUT2D eigenvalue weighted by Crippen LogP contribution is -2.19. The maximum atomic E-state index is 14.8. The van der Waals surface area contributed by atoms with Crippen molar-refractivity contribution in [1.29, 1.82) is 0 Å². The second-order valence-corrected chi connectivity index (χ2v) is 10.1. The molecular formula is C28H25O2P. The van der Waals surface area contributed by atoms with Crippen LogP contribution in [0.5, 0.6) is 0 Å². The minimum atomic E-state index is -3.08. The Bertz CT molecular complexity index is 1110. The fourth-order valence-electron chi connectivity index (χ4n) is 3.57. The van der Waals surface area contributed by atoms with E-state index in [2.05, 4.69) is 0 Å². The summed E-state index contributed by atoms with van der Waals surface area (Å²) in [4.78, 5) is 0. The van der Waals surface area contributed by atoms with E-state index < -0.39 is 7.14 Å². The van der Waals surface area contributed by atoms with E-state index in [1.54, 1.807) is 0 Å². The number of rotatable bonds is 8. The van der Waals surface area contributed by atoms with Gasteiger partial charge < -0.3 is 9.30 Å². The highest BCUT2D eigenvalue weighted by atomic mass is 31.2. The molecule has 0 amide bonds. The molecule has 154 valence electrons.